The Hall–Kier alpha value is 0.0500. The van der Waals surface area contributed by atoms with Crippen LogP contribution < -0.4 is 5.32 Å². The molecule has 0 saturated carbocycles. The molecule has 0 aliphatic heterocycles. The second kappa shape index (κ2) is 6.55. The van der Waals surface area contributed by atoms with Gasteiger partial charge in [0.1, 0.15) is 0 Å². The molecule has 1 N–H and O–H groups in total. The molecule has 0 aromatic carbocycles. The summed E-state index contributed by atoms with van der Waals surface area (Å²) in [5.41, 5.74) is 0. The van der Waals surface area contributed by atoms with E-state index in [0.717, 1.165) is 6.04 Å². The fourth-order valence-corrected chi connectivity index (χ4v) is 2.01. The molecule has 1 unspecified atom stereocenters. The van der Waals surface area contributed by atoms with E-state index in [1.165, 1.54) is 37.3 Å². The largest absolute Gasteiger partial charge is 0.313 e. The maximum Gasteiger partial charge on any atom is 0.0105 e. The van der Waals surface area contributed by atoms with Gasteiger partial charge >= 0.3 is 0 Å². The normalized spacial score (nSPS) is 22.9. The van der Waals surface area contributed by atoms with Gasteiger partial charge in [-0.05, 0) is 25.0 Å². The number of rotatable bonds is 5. The maximum absolute atomic E-state index is 3.58. The summed E-state index contributed by atoms with van der Waals surface area (Å²) in [4.78, 5) is 0. The summed E-state index contributed by atoms with van der Waals surface area (Å²) in [6.07, 6.45) is 8.41. The van der Waals surface area contributed by atoms with Crippen LogP contribution in [0.1, 0.15) is 26.2 Å². The van der Waals surface area contributed by atoms with Crippen LogP contribution >= 0.6 is 11.8 Å². The molecule has 70 valence electrons. The average Bonchev–Trinajstić information content (AvgIpc) is 2.14. The second-order valence-corrected chi connectivity index (χ2v) is 4.53. The molecule has 1 atom stereocenters. The Morgan fingerprint density at radius 1 is 1.50 bits per heavy atom. The van der Waals surface area contributed by atoms with Crippen molar-refractivity contribution in [2.75, 3.05) is 18.1 Å². The number of hydrogen-bond donors (Lipinski definition) is 1. The summed E-state index contributed by atoms with van der Waals surface area (Å²) < 4.78 is 0. The Morgan fingerprint density at radius 3 is 3.08 bits per heavy atom. The fraction of sp³-hybridized carbons (Fsp3) is 0.800. The molecule has 0 saturated heterocycles. The van der Waals surface area contributed by atoms with Gasteiger partial charge in [-0.15, -0.1) is 0 Å². The van der Waals surface area contributed by atoms with Crippen LogP contribution in [0.2, 0.25) is 0 Å². The van der Waals surface area contributed by atoms with E-state index in [0.29, 0.717) is 0 Å². The van der Waals surface area contributed by atoms with E-state index in [9.17, 15) is 0 Å². The third-order valence-electron chi connectivity index (χ3n) is 2.15. The molecule has 0 amide bonds. The fourth-order valence-electron chi connectivity index (χ4n) is 1.46. The van der Waals surface area contributed by atoms with Gasteiger partial charge in [-0.25, -0.2) is 0 Å². The molecule has 0 aromatic heterocycles. The first kappa shape index (κ1) is 10.1. The van der Waals surface area contributed by atoms with Crippen molar-refractivity contribution < 1.29 is 0 Å². The van der Waals surface area contributed by atoms with E-state index in [4.69, 9.17) is 0 Å². The Morgan fingerprint density at radius 2 is 2.42 bits per heavy atom. The smallest absolute Gasteiger partial charge is 0.0105 e. The zero-order valence-corrected chi connectivity index (χ0v) is 8.70. The molecular formula is C10H19NS. The van der Waals surface area contributed by atoms with E-state index < -0.39 is 0 Å². The zero-order chi connectivity index (χ0) is 8.65. The molecular weight excluding hydrogens is 166 g/mol. The lowest BCUT2D eigenvalue weighted by atomic mass is 10.0. The number of allylic oxidation sites excluding steroid dienone is 1. The summed E-state index contributed by atoms with van der Waals surface area (Å²) in [6, 6.07) is 0.757. The summed E-state index contributed by atoms with van der Waals surface area (Å²) in [7, 11) is 0. The van der Waals surface area contributed by atoms with Gasteiger partial charge in [0, 0.05) is 18.3 Å². The highest BCUT2D eigenvalue weighted by Gasteiger charge is 2.07. The zero-order valence-electron chi connectivity index (χ0n) is 7.88. The molecule has 0 radical (unpaired) electrons. The third kappa shape index (κ3) is 4.17. The highest BCUT2D eigenvalue weighted by atomic mass is 32.2. The van der Waals surface area contributed by atoms with Crippen LogP contribution in [-0.4, -0.2) is 24.1 Å². The molecule has 1 aliphatic rings. The first-order valence-electron chi connectivity index (χ1n) is 4.89. The van der Waals surface area contributed by atoms with Crippen molar-refractivity contribution in [2.24, 2.45) is 0 Å². The first-order valence-corrected chi connectivity index (χ1v) is 6.05. The van der Waals surface area contributed by atoms with Gasteiger partial charge in [0.25, 0.3) is 0 Å². The van der Waals surface area contributed by atoms with Crippen molar-refractivity contribution in [1.29, 1.82) is 0 Å². The minimum Gasteiger partial charge on any atom is -0.313 e. The molecule has 1 aliphatic carbocycles. The molecule has 0 bridgehead atoms. The topological polar surface area (TPSA) is 12.0 Å². The molecule has 0 heterocycles. The van der Waals surface area contributed by atoms with Crippen molar-refractivity contribution in [2.45, 2.75) is 32.2 Å². The van der Waals surface area contributed by atoms with Crippen LogP contribution in [-0.2, 0) is 0 Å². The number of hydrogen-bond acceptors (Lipinski definition) is 2. The number of nitrogens with one attached hydrogen (secondary N) is 1. The van der Waals surface area contributed by atoms with Crippen LogP contribution in [0.25, 0.3) is 0 Å². The van der Waals surface area contributed by atoms with E-state index in [1.54, 1.807) is 0 Å². The van der Waals surface area contributed by atoms with Crippen molar-refractivity contribution >= 4 is 11.8 Å². The Labute approximate surface area is 80.0 Å². The van der Waals surface area contributed by atoms with Gasteiger partial charge < -0.3 is 5.32 Å². The van der Waals surface area contributed by atoms with Crippen LogP contribution in [0.4, 0.5) is 0 Å². The SMILES string of the molecule is CCSCCNC1CC=CCC1. The van der Waals surface area contributed by atoms with Crippen molar-refractivity contribution in [1.82, 2.24) is 5.32 Å². The van der Waals surface area contributed by atoms with Crippen LogP contribution in [0.5, 0.6) is 0 Å². The molecule has 12 heavy (non-hydrogen) atoms. The van der Waals surface area contributed by atoms with Crippen molar-refractivity contribution in [3.63, 3.8) is 0 Å². The summed E-state index contributed by atoms with van der Waals surface area (Å²) >= 11 is 2.02. The minimum atomic E-state index is 0.757. The summed E-state index contributed by atoms with van der Waals surface area (Å²) in [5.74, 6) is 2.50. The lowest BCUT2D eigenvalue weighted by Crippen LogP contribution is -2.31. The second-order valence-electron chi connectivity index (χ2n) is 3.13. The maximum atomic E-state index is 3.58. The van der Waals surface area contributed by atoms with E-state index in [-0.39, 0.29) is 0 Å². The van der Waals surface area contributed by atoms with E-state index >= 15 is 0 Å². The van der Waals surface area contributed by atoms with Gasteiger partial charge in [0.05, 0.1) is 0 Å². The highest BCUT2D eigenvalue weighted by molar-refractivity contribution is 7.99. The van der Waals surface area contributed by atoms with Gasteiger partial charge in [-0.2, -0.15) is 11.8 Å². The molecule has 0 aromatic rings. The lowest BCUT2D eigenvalue weighted by Gasteiger charge is -2.18. The molecule has 0 spiro atoms. The van der Waals surface area contributed by atoms with Crippen molar-refractivity contribution in [3.05, 3.63) is 12.2 Å². The Kier molecular flexibility index (Phi) is 5.53. The molecule has 0 fully saturated rings. The van der Waals surface area contributed by atoms with Crippen LogP contribution in [0.3, 0.4) is 0 Å². The summed E-state index contributed by atoms with van der Waals surface area (Å²) in [5, 5.41) is 3.58. The highest BCUT2D eigenvalue weighted by Crippen LogP contribution is 2.10. The summed E-state index contributed by atoms with van der Waals surface area (Å²) in [6.45, 7) is 3.39. The lowest BCUT2D eigenvalue weighted by molar-refractivity contribution is 0.490. The predicted molar refractivity (Wildman–Crippen MR) is 57.8 cm³/mol. The van der Waals surface area contributed by atoms with Gasteiger partial charge in [-0.3, -0.25) is 0 Å². The Balaban J connectivity index is 1.95. The van der Waals surface area contributed by atoms with Crippen molar-refractivity contribution in [3.8, 4) is 0 Å². The van der Waals surface area contributed by atoms with Crippen LogP contribution in [0.15, 0.2) is 12.2 Å². The first-order chi connectivity index (χ1) is 5.93. The van der Waals surface area contributed by atoms with Gasteiger partial charge in [0.2, 0.25) is 0 Å². The predicted octanol–water partition coefficient (Wildman–Crippen LogP) is 2.44. The third-order valence-corrected chi connectivity index (χ3v) is 3.05. The molecule has 2 heteroatoms. The van der Waals surface area contributed by atoms with E-state index in [1.807, 2.05) is 11.8 Å². The van der Waals surface area contributed by atoms with E-state index in [2.05, 4.69) is 24.4 Å². The monoisotopic (exact) mass is 185 g/mol. The Bertz CT molecular complexity index is 134. The quantitative estimate of drug-likeness (QED) is 0.521. The number of thioether (sulfide) groups is 1. The van der Waals surface area contributed by atoms with Gasteiger partial charge in [-0.1, -0.05) is 19.1 Å². The van der Waals surface area contributed by atoms with Crippen LogP contribution in [0, 0.1) is 0 Å². The average molecular weight is 185 g/mol. The minimum absolute atomic E-state index is 0.757. The molecule has 1 nitrogen and oxygen atoms in total. The molecule has 1 rings (SSSR count). The standard InChI is InChI=1S/C10H19NS/c1-2-12-9-8-11-10-6-4-3-5-7-10/h3-4,10-11H,2,5-9H2,1H3. The van der Waals surface area contributed by atoms with Gasteiger partial charge in [0.15, 0.2) is 0 Å².